The topological polar surface area (TPSA) is 87.7 Å². The molecule has 0 saturated heterocycles. The van der Waals surface area contributed by atoms with Crippen LogP contribution in [0.5, 0.6) is 0 Å². The van der Waals surface area contributed by atoms with Crippen LogP contribution in [-0.2, 0) is 14.3 Å². The zero-order valence-corrected chi connectivity index (χ0v) is 25.1. The highest BCUT2D eigenvalue weighted by atomic mass is 16.6. The molecule has 0 aromatic heterocycles. The number of aryl methyl sites for hydroxylation is 2. The fourth-order valence-electron chi connectivity index (χ4n) is 4.22. The van der Waals surface area contributed by atoms with Gasteiger partial charge in [-0.3, -0.25) is 9.59 Å². The standard InChI is InChI=1S/C30H51N3O4/c1-12-13-14-15-18-33(27(35)24(20(2)3)31-28(36)37-30(9,10)11)25(26(34)32-29(6,7)8)23-17-16-21(4)19-22(23)5/h16-17,19-20,24-25H,12-15,18H2,1-11H3,(H,31,36)(H,32,34). The van der Waals surface area contributed by atoms with Crippen molar-refractivity contribution in [3.63, 3.8) is 0 Å². The van der Waals surface area contributed by atoms with Crippen molar-refractivity contribution in [3.8, 4) is 0 Å². The third kappa shape index (κ3) is 11.1. The maximum Gasteiger partial charge on any atom is 0.408 e. The number of nitrogens with one attached hydrogen (secondary N) is 2. The van der Waals surface area contributed by atoms with Gasteiger partial charge in [-0.1, -0.05) is 63.8 Å². The summed E-state index contributed by atoms with van der Waals surface area (Å²) in [4.78, 5) is 42.3. The summed E-state index contributed by atoms with van der Waals surface area (Å²) < 4.78 is 5.45. The predicted molar refractivity (Wildman–Crippen MR) is 150 cm³/mol. The number of unbranched alkanes of at least 4 members (excludes halogenated alkanes) is 3. The third-order valence-corrected chi connectivity index (χ3v) is 5.92. The number of amides is 3. The smallest absolute Gasteiger partial charge is 0.408 e. The Balaban J connectivity index is 3.56. The molecule has 1 aromatic carbocycles. The van der Waals surface area contributed by atoms with E-state index in [0.29, 0.717) is 6.54 Å². The number of benzene rings is 1. The second kappa shape index (κ2) is 13.8. The molecule has 0 radical (unpaired) electrons. The lowest BCUT2D eigenvalue weighted by Gasteiger charge is -2.37. The Labute approximate surface area is 225 Å². The van der Waals surface area contributed by atoms with Gasteiger partial charge in [-0.2, -0.15) is 0 Å². The second-order valence-corrected chi connectivity index (χ2v) is 12.5. The van der Waals surface area contributed by atoms with E-state index in [-0.39, 0.29) is 17.7 Å². The fourth-order valence-corrected chi connectivity index (χ4v) is 4.22. The molecule has 7 nitrogen and oxygen atoms in total. The van der Waals surface area contributed by atoms with Crippen molar-refractivity contribution in [3.05, 3.63) is 34.9 Å². The van der Waals surface area contributed by atoms with Gasteiger partial charge in [-0.15, -0.1) is 0 Å². The van der Waals surface area contributed by atoms with Gasteiger partial charge in [0, 0.05) is 12.1 Å². The first-order valence-corrected chi connectivity index (χ1v) is 13.7. The number of alkyl carbamates (subject to hydrolysis) is 1. The number of hydrogen-bond donors (Lipinski definition) is 2. The molecule has 2 N–H and O–H groups in total. The zero-order chi connectivity index (χ0) is 28.6. The Kier molecular flexibility index (Phi) is 12.1. The van der Waals surface area contributed by atoms with Crippen LogP contribution in [0, 0.1) is 19.8 Å². The molecule has 2 atom stereocenters. The molecule has 0 aliphatic carbocycles. The molecular weight excluding hydrogens is 466 g/mol. The van der Waals surface area contributed by atoms with E-state index >= 15 is 0 Å². The van der Waals surface area contributed by atoms with Crippen LogP contribution in [0.15, 0.2) is 18.2 Å². The average Bonchev–Trinajstić information content (AvgIpc) is 2.72. The van der Waals surface area contributed by atoms with E-state index in [9.17, 15) is 14.4 Å². The van der Waals surface area contributed by atoms with E-state index < -0.39 is 29.3 Å². The summed E-state index contributed by atoms with van der Waals surface area (Å²) in [5.41, 5.74) is 1.65. The molecule has 7 heteroatoms. The highest BCUT2D eigenvalue weighted by Gasteiger charge is 2.38. The van der Waals surface area contributed by atoms with Crippen molar-refractivity contribution < 1.29 is 19.1 Å². The lowest BCUT2D eigenvalue weighted by Crippen LogP contribution is -2.56. The monoisotopic (exact) mass is 517 g/mol. The van der Waals surface area contributed by atoms with E-state index in [1.165, 1.54) is 0 Å². The molecule has 0 fully saturated rings. The summed E-state index contributed by atoms with van der Waals surface area (Å²) >= 11 is 0. The third-order valence-electron chi connectivity index (χ3n) is 5.92. The van der Waals surface area contributed by atoms with Crippen LogP contribution in [0.2, 0.25) is 0 Å². The normalized spacial score (nSPS) is 13.6. The summed E-state index contributed by atoms with van der Waals surface area (Å²) in [7, 11) is 0. The van der Waals surface area contributed by atoms with E-state index in [4.69, 9.17) is 4.74 Å². The lowest BCUT2D eigenvalue weighted by molar-refractivity contribution is -0.144. The summed E-state index contributed by atoms with van der Waals surface area (Å²) in [6.45, 7) is 21.4. The van der Waals surface area contributed by atoms with Crippen molar-refractivity contribution in [2.75, 3.05) is 6.54 Å². The highest BCUT2D eigenvalue weighted by Crippen LogP contribution is 2.28. The van der Waals surface area contributed by atoms with Gasteiger partial charge in [0.15, 0.2) is 0 Å². The Hall–Kier alpha value is -2.57. The Morgan fingerprint density at radius 2 is 1.59 bits per heavy atom. The van der Waals surface area contributed by atoms with Crippen LogP contribution < -0.4 is 10.6 Å². The second-order valence-electron chi connectivity index (χ2n) is 12.5. The maximum absolute atomic E-state index is 14.2. The van der Waals surface area contributed by atoms with Gasteiger partial charge in [-0.05, 0) is 78.9 Å². The molecule has 37 heavy (non-hydrogen) atoms. The zero-order valence-electron chi connectivity index (χ0n) is 25.1. The molecule has 1 rings (SSSR count). The number of rotatable bonds is 11. The van der Waals surface area contributed by atoms with Crippen LogP contribution >= 0.6 is 0 Å². The Morgan fingerprint density at radius 3 is 2.08 bits per heavy atom. The fraction of sp³-hybridized carbons (Fsp3) is 0.700. The lowest BCUT2D eigenvalue weighted by atomic mass is 9.94. The molecular formula is C30H51N3O4. The number of nitrogens with zero attached hydrogens (tertiary/aromatic N) is 1. The first kappa shape index (κ1) is 32.5. The van der Waals surface area contributed by atoms with Crippen molar-refractivity contribution in [1.82, 2.24) is 15.5 Å². The summed E-state index contributed by atoms with van der Waals surface area (Å²) in [5, 5.41) is 5.88. The van der Waals surface area contributed by atoms with Gasteiger partial charge in [0.25, 0.3) is 0 Å². The highest BCUT2D eigenvalue weighted by molar-refractivity contribution is 5.92. The molecule has 0 aliphatic rings. The molecule has 0 heterocycles. The van der Waals surface area contributed by atoms with Gasteiger partial charge in [0.1, 0.15) is 17.7 Å². The first-order valence-electron chi connectivity index (χ1n) is 13.7. The van der Waals surface area contributed by atoms with Crippen LogP contribution in [0.3, 0.4) is 0 Å². The van der Waals surface area contributed by atoms with E-state index in [1.54, 1.807) is 25.7 Å². The molecule has 1 aromatic rings. The maximum atomic E-state index is 14.2. The van der Waals surface area contributed by atoms with Crippen LogP contribution in [-0.4, -0.2) is 46.5 Å². The van der Waals surface area contributed by atoms with Crippen LogP contribution in [0.4, 0.5) is 4.79 Å². The Bertz CT molecular complexity index is 912. The minimum Gasteiger partial charge on any atom is -0.444 e. The van der Waals surface area contributed by atoms with Gasteiger partial charge in [0.05, 0.1) is 0 Å². The predicted octanol–water partition coefficient (Wildman–Crippen LogP) is 6.22. The molecule has 2 unspecified atom stereocenters. The van der Waals surface area contributed by atoms with E-state index in [2.05, 4.69) is 17.6 Å². The number of hydrogen-bond acceptors (Lipinski definition) is 4. The minimum atomic E-state index is -0.836. The molecule has 0 saturated carbocycles. The number of carbonyl (C=O) groups excluding carboxylic acids is 3. The molecule has 210 valence electrons. The van der Waals surface area contributed by atoms with E-state index in [0.717, 1.165) is 42.4 Å². The van der Waals surface area contributed by atoms with Crippen molar-refractivity contribution >= 4 is 17.9 Å². The van der Waals surface area contributed by atoms with Crippen LogP contribution in [0.1, 0.15) is 111 Å². The largest absolute Gasteiger partial charge is 0.444 e. The SMILES string of the molecule is CCCCCCN(C(=O)C(NC(=O)OC(C)(C)C)C(C)C)C(C(=O)NC(C)(C)C)c1ccc(C)cc1C. The van der Waals surface area contributed by atoms with Gasteiger partial charge in [0.2, 0.25) is 11.8 Å². The van der Waals surface area contributed by atoms with Crippen LogP contribution in [0.25, 0.3) is 0 Å². The van der Waals surface area contributed by atoms with Crippen molar-refractivity contribution in [2.24, 2.45) is 5.92 Å². The van der Waals surface area contributed by atoms with E-state index in [1.807, 2.05) is 66.7 Å². The van der Waals surface area contributed by atoms with Crippen molar-refractivity contribution in [1.29, 1.82) is 0 Å². The molecule has 0 aliphatic heterocycles. The number of carbonyl (C=O) groups is 3. The minimum absolute atomic E-state index is 0.205. The van der Waals surface area contributed by atoms with Gasteiger partial charge < -0.3 is 20.3 Å². The van der Waals surface area contributed by atoms with Gasteiger partial charge in [-0.25, -0.2) is 4.79 Å². The Morgan fingerprint density at radius 1 is 0.973 bits per heavy atom. The first-order chi connectivity index (χ1) is 17.0. The summed E-state index contributed by atoms with van der Waals surface area (Å²) in [6.07, 6.45) is 3.18. The summed E-state index contributed by atoms with van der Waals surface area (Å²) in [6, 6.07) is 4.28. The van der Waals surface area contributed by atoms with Crippen molar-refractivity contribution in [2.45, 2.75) is 125 Å². The quantitative estimate of drug-likeness (QED) is 0.341. The number of ether oxygens (including phenoxy) is 1. The van der Waals surface area contributed by atoms with Gasteiger partial charge >= 0.3 is 6.09 Å². The average molecular weight is 518 g/mol. The molecule has 0 bridgehead atoms. The molecule has 3 amide bonds. The summed E-state index contributed by atoms with van der Waals surface area (Å²) in [5.74, 6) is -0.724. The molecule has 0 spiro atoms.